The summed E-state index contributed by atoms with van der Waals surface area (Å²) in [7, 11) is 0. The highest BCUT2D eigenvalue weighted by molar-refractivity contribution is 5.76. The number of aryl methyl sites for hydroxylation is 1. The van der Waals surface area contributed by atoms with Crippen LogP contribution in [0.4, 0.5) is 5.95 Å². The second kappa shape index (κ2) is 8.00. The van der Waals surface area contributed by atoms with E-state index in [1.54, 1.807) is 30.9 Å². The van der Waals surface area contributed by atoms with E-state index in [1.807, 2.05) is 29.8 Å². The lowest BCUT2D eigenvalue weighted by Gasteiger charge is -2.09. The molecule has 0 bridgehead atoms. The van der Waals surface area contributed by atoms with E-state index >= 15 is 0 Å². The van der Waals surface area contributed by atoms with Gasteiger partial charge in [0.25, 0.3) is 0 Å². The third-order valence-electron chi connectivity index (χ3n) is 3.57. The van der Waals surface area contributed by atoms with Crippen molar-refractivity contribution >= 4 is 11.9 Å². The number of carbonyl (C=O) groups excluding carboxylic acids is 1. The minimum Gasteiger partial charge on any atom is -0.354 e. The lowest BCUT2D eigenvalue weighted by atomic mass is 10.2. The molecule has 0 fully saturated rings. The molecule has 0 spiro atoms. The first-order valence-electron chi connectivity index (χ1n) is 7.95. The Hall–Kier alpha value is -3.29. The summed E-state index contributed by atoms with van der Waals surface area (Å²) in [5.41, 5.74) is 0.978. The molecule has 0 aliphatic heterocycles. The molecule has 0 aliphatic rings. The van der Waals surface area contributed by atoms with Crippen molar-refractivity contribution in [2.45, 2.75) is 19.9 Å². The molecule has 0 aromatic carbocycles. The molecule has 0 atom stereocenters. The Labute approximate surface area is 145 Å². The van der Waals surface area contributed by atoms with Crippen molar-refractivity contribution in [1.29, 1.82) is 0 Å². The molecule has 3 rings (SSSR count). The number of nitrogens with one attached hydrogen (secondary N) is 2. The SMILES string of the molecule is Cc1nccn1-c1cc(CNC(=O)CCNc2ncccn2)ccn1. The van der Waals surface area contributed by atoms with Gasteiger partial charge in [0.2, 0.25) is 11.9 Å². The second-order valence-electron chi connectivity index (χ2n) is 5.39. The van der Waals surface area contributed by atoms with Crippen molar-refractivity contribution in [3.63, 3.8) is 0 Å². The van der Waals surface area contributed by atoms with Crippen LogP contribution in [0.3, 0.4) is 0 Å². The van der Waals surface area contributed by atoms with Crippen molar-refractivity contribution in [3.8, 4) is 5.82 Å². The highest BCUT2D eigenvalue weighted by atomic mass is 16.1. The van der Waals surface area contributed by atoms with Gasteiger partial charge >= 0.3 is 0 Å². The number of anilines is 1. The van der Waals surface area contributed by atoms with E-state index in [-0.39, 0.29) is 5.91 Å². The molecule has 8 nitrogen and oxygen atoms in total. The number of amides is 1. The maximum Gasteiger partial charge on any atom is 0.222 e. The van der Waals surface area contributed by atoms with E-state index in [0.29, 0.717) is 25.5 Å². The highest BCUT2D eigenvalue weighted by Crippen LogP contribution is 2.09. The molecule has 1 amide bonds. The minimum absolute atomic E-state index is 0.0411. The van der Waals surface area contributed by atoms with Crippen molar-refractivity contribution in [1.82, 2.24) is 29.8 Å². The van der Waals surface area contributed by atoms with E-state index in [4.69, 9.17) is 0 Å². The number of hydrogen-bond acceptors (Lipinski definition) is 6. The Morgan fingerprint density at radius 3 is 2.72 bits per heavy atom. The van der Waals surface area contributed by atoms with Gasteiger partial charge in [-0.25, -0.2) is 19.9 Å². The van der Waals surface area contributed by atoms with Crippen LogP contribution in [0.1, 0.15) is 17.8 Å². The van der Waals surface area contributed by atoms with Gasteiger partial charge < -0.3 is 10.6 Å². The summed E-state index contributed by atoms with van der Waals surface area (Å²) in [6, 6.07) is 5.56. The molecule has 3 heterocycles. The first-order chi connectivity index (χ1) is 12.2. The number of pyridine rings is 1. The standard InChI is InChI=1S/C17H19N7O/c1-13-18-9-10-24(13)15-11-14(3-7-19-15)12-23-16(25)4-8-22-17-20-5-2-6-21-17/h2-3,5-7,9-11H,4,8,12H2,1H3,(H,23,25)(H,20,21,22). The normalized spacial score (nSPS) is 10.4. The summed E-state index contributed by atoms with van der Waals surface area (Å²) < 4.78 is 1.90. The largest absolute Gasteiger partial charge is 0.354 e. The van der Waals surface area contributed by atoms with Gasteiger partial charge in [0.15, 0.2) is 0 Å². The van der Waals surface area contributed by atoms with E-state index in [2.05, 4.69) is 30.6 Å². The van der Waals surface area contributed by atoms with Crippen molar-refractivity contribution < 1.29 is 4.79 Å². The summed E-state index contributed by atoms with van der Waals surface area (Å²) in [6.07, 6.45) is 8.96. The Morgan fingerprint density at radius 2 is 1.96 bits per heavy atom. The average molecular weight is 337 g/mol. The van der Waals surface area contributed by atoms with Crippen LogP contribution in [0.25, 0.3) is 5.82 Å². The van der Waals surface area contributed by atoms with Crippen LogP contribution in [0.2, 0.25) is 0 Å². The van der Waals surface area contributed by atoms with Gasteiger partial charge in [0.1, 0.15) is 11.6 Å². The van der Waals surface area contributed by atoms with Crippen LogP contribution in [-0.2, 0) is 11.3 Å². The number of rotatable bonds is 7. The number of imidazole rings is 1. The molecule has 25 heavy (non-hydrogen) atoms. The van der Waals surface area contributed by atoms with Gasteiger partial charge in [-0.3, -0.25) is 9.36 Å². The molecule has 3 aromatic heterocycles. The lowest BCUT2D eigenvalue weighted by molar-refractivity contribution is -0.121. The second-order valence-corrected chi connectivity index (χ2v) is 5.39. The number of aromatic nitrogens is 5. The molecule has 0 saturated heterocycles. The molecular weight excluding hydrogens is 318 g/mol. The Morgan fingerprint density at radius 1 is 1.12 bits per heavy atom. The molecular formula is C17H19N7O. The summed E-state index contributed by atoms with van der Waals surface area (Å²) in [4.78, 5) is 28.6. The number of nitrogens with zero attached hydrogens (tertiary/aromatic N) is 5. The monoisotopic (exact) mass is 337 g/mol. The van der Waals surface area contributed by atoms with Crippen molar-refractivity contribution in [2.24, 2.45) is 0 Å². The van der Waals surface area contributed by atoms with E-state index < -0.39 is 0 Å². The first kappa shape index (κ1) is 16.6. The summed E-state index contributed by atoms with van der Waals surface area (Å²) in [5, 5.41) is 5.90. The topological polar surface area (TPSA) is 97.6 Å². The van der Waals surface area contributed by atoms with Gasteiger partial charge in [-0.15, -0.1) is 0 Å². The fraction of sp³-hybridized carbons (Fsp3) is 0.235. The predicted octanol–water partition coefficient (Wildman–Crippen LogP) is 1.48. The molecule has 8 heteroatoms. The van der Waals surface area contributed by atoms with Crippen LogP contribution in [0, 0.1) is 6.92 Å². The van der Waals surface area contributed by atoms with Crippen LogP contribution in [0.5, 0.6) is 0 Å². The number of carbonyl (C=O) groups is 1. The van der Waals surface area contributed by atoms with E-state index in [9.17, 15) is 4.79 Å². The summed E-state index contributed by atoms with van der Waals surface area (Å²) >= 11 is 0. The van der Waals surface area contributed by atoms with E-state index in [0.717, 1.165) is 17.2 Å². The van der Waals surface area contributed by atoms with Crippen LogP contribution >= 0.6 is 0 Å². The molecule has 0 aliphatic carbocycles. The maximum atomic E-state index is 12.0. The zero-order valence-corrected chi connectivity index (χ0v) is 13.9. The predicted molar refractivity (Wildman–Crippen MR) is 93.1 cm³/mol. The molecule has 3 aromatic rings. The zero-order valence-electron chi connectivity index (χ0n) is 13.9. The molecule has 0 unspecified atom stereocenters. The fourth-order valence-electron chi connectivity index (χ4n) is 2.29. The van der Waals surface area contributed by atoms with Gasteiger partial charge in [-0.05, 0) is 30.7 Å². The Kier molecular flexibility index (Phi) is 5.30. The van der Waals surface area contributed by atoms with E-state index in [1.165, 1.54) is 0 Å². The van der Waals surface area contributed by atoms with Gasteiger partial charge in [-0.2, -0.15) is 0 Å². The van der Waals surface area contributed by atoms with Crippen molar-refractivity contribution in [2.75, 3.05) is 11.9 Å². The summed E-state index contributed by atoms with van der Waals surface area (Å²) in [5.74, 6) is 2.12. The zero-order chi connectivity index (χ0) is 17.5. The van der Waals surface area contributed by atoms with Gasteiger partial charge in [0, 0.05) is 50.5 Å². The maximum absolute atomic E-state index is 12.0. The van der Waals surface area contributed by atoms with Crippen molar-refractivity contribution in [3.05, 3.63) is 60.6 Å². The summed E-state index contributed by atoms with van der Waals surface area (Å²) in [6.45, 7) is 2.84. The average Bonchev–Trinajstić information content (AvgIpc) is 3.07. The quantitative estimate of drug-likeness (QED) is 0.678. The first-order valence-corrected chi connectivity index (χ1v) is 7.95. The lowest BCUT2D eigenvalue weighted by Crippen LogP contribution is -2.25. The highest BCUT2D eigenvalue weighted by Gasteiger charge is 2.05. The fourth-order valence-corrected chi connectivity index (χ4v) is 2.29. The van der Waals surface area contributed by atoms with Gasteiger partial charge in [-0.1, -0.05) is 0 Å². The third-order valence-corrected chi connectivity index (χ3v) is 3.57. The molecule has 2 N–H and O–H groups in total. The smallest absolute Gasteiger partial charge is 0.222 e. The van der Waals surface area contributed by atoms with Gasteiger partial charge in [0.05, 0.1) is 0 Å². The van der Waals surface area contributed by atoms with Crippen LogP contribution < -0.4 is 10.6 Å². The third kappa shape index (κ3) is 4.60. The number of hydrogen-bond donors (Lipinski definition) is 2. The Bertz CT molecular complexity index is 832. The molecule has 0 saturated carbocycles. The molecule has 128 valence electrons. The van der Waals surface area contributed by atoms with Crippen LogP contribution in [-0.4, -0.2) is 37.0 Å². The Balaban J connectivity index is 1.48. The molecule has 0 radical (unpaired) electrons. The minimum atomic E-state index is -0.0411. The van der Waals surface area contributed by atoms with Crippen LogP contribution in [0.15, 0.2) is 49.2 Å².